The van der Waals surface area contributed by atoms with Crippen molar-refractivity contribution in [1.29, 1.82) is 0 Å². The molecule has 1 saturated heterocycles. The Hall–Kier alpha value is -1.69. The average molecular weight is 222 g/mol. The molecule has 1 aromatic rings. The Morgan fingerprint density at radius 3 is 3.06 bits per heavy atom. The van der Waals surface area contributed by atoms with Crippen molar-refractivity contribution in [3.63, 3.8) is 0 Å². The minimum absolute atomic E-state index is 0.0289. The van der Waals surface area contributed by atoms with Crippen LogP contribution in [0.3, 0.4) is 0 Å². The van der Waals surface area contributed by atoms with Gasteiger partial charge in [0.25, 0.3) is 0 Å². The molecule has 0 aliphatic carbocycles. The summed E-state index contributed by atoms with van der Waals surface area (Å²) < 4.78 is 0. The van der Waals surface area contributed by atoms with Gasteiger partial charge in [0.15, 0.2) is 5.69 Å². The van der Waals surface area contributed by atoms with Crippen LogP contribution in [0, 0.1) is 5.92 Å². The van der Waals surface area contributed by atoms with E-state index in [0.717, 1.165) is 19.5 Å². The molecule has 0 aromatic carbocycles. The summed E-state index contributed by atoms with van der Waals surface area (Å²) in [5.74, 6) is 0.116. The Morgan fingerprint density at radius 1 is 1.62 bits per heavy atom. The molecule has 0 spiro atoms. The van der Waals surface area contributed by atoms with E-state index in [4.69, 9.17) is 10.8 Å². The van der Waals surface area contributed by atoms with Gasteiger partial charge in [-0.25, -0.2) is 14.8 Å². The molecule has 16 heavy (non-hydrogen) atoms. The molecule has 3 N–H and O–H groups in total. The van der Waals surface area contributed by atoms with Gasteiger partial charge in [0.05, 0.1) is 0 Å². The first kappa shape index (κ1) is 10.8. The number of carbonyl (C=O) groups is 1. The van der Waals surface area contributed by atoms with E-state index in [2.05, 4.69) is 9.97 Å². The van der Waals surface area contributed by atoms with Crippen LogP contribution >= 0.6 is 0 Å². The largest absolute Gasteiger partial charge is 0.477 e. The highest BCUT2D eigenvalue weighted by molar-refractivity contribution is 5.86. The molecular weight excluding hydrogens is 208 g/mol. The number of carboxylic acid groups (broad SMARTS) is 1. The Labute approximate surface area is 93.1 Å². The minimum atomic E-state index is -1.03. The van der Waals surface area contributed by atoms with E-state index in [-0.39, 0.29) is 5.69 Å². The summed E-state index contributed by atoms with van der Waals surface area (Å²) >= 11 is 0. The van der Waals surface area contributed by atoms with Crippen molar-refractivity contribution in [3.05, 3.63) is 18.1 Å². The van der Waals surface area contributed by atoms with Gasteiger partial charge < -0.3 is 15.7 Å². The quantitative estimate of drug-likeness (QED) is 0.745. The molecular formula is C10H14N4O2. The number of aromatic nitrogens is 2. The molecule has 6 heteroatoms. The summed E-state index contributed by atoms with van der Waals surface area (Å²) in [5, 5.41) is 8.82. The fourth-order valence-corrected chi connectivity index (χ4v) is 1.87. The topological polar surface area (TPSA) is 92.3 Å². The Morgan fingerprint density at radius 2 is 2.44 bits per heavy atom. The van der Waals surface area contributed by atoms with Gasteiger partial charge >= 0.3 is 5.97 Å². The molecule has 2 heterocycles. The third kappa shape index (κ3) is 2.11. The van der Waals surface area contributed by atoms with Crippen molar-refractivity contribution in [2.75, 3.05) is 24.5 Å². The van der Waals surface area contributed by atoms with Crippen LogP contribution in [0.5, 0.6) is 0 Å². The molecule has 1 atom stereocenters. The summed E-state index contributed by atoms with van der Waals surface area (Å²) in [6.45, 7) is 2.37. The Balaban J connectivity index is 2.15. The van der Waals surface area contributed by atoms with Gasteiger partial charge in [0, 0.05) is 19.2 Å². The predicted octanol–water partition coefficient (Wildman–Crippen LogP) is -0.0402. The third-order valence-corrected chi connectivity index (χ3v) is 2.81. The molecule has 6 nitrogen and oxygen atoms in total. The molecule has 0 bridgehead atoms. The van der Waals surface area contributed by atoms with E-state index >= 15 is 0 Å². The first-order valence-corrected chi connectivity index (χ1v) is 5.21. The van der Waals surface area contributed by atoms with Gasteiger partial charge in [0.2, 0.25) is 0 Å². The van der Waals surface area contributed by atoms with Crippen LogP contribution in [0.15, 0.2) is 12.4 Å². The maximum absolute atomic E-state index is 10.8. The van der Waals surface area contributed by atoms with E-state index in [1.165, 1.54) is 12.4 Å². The summed E-state index contributed by atoms with van der Waals surface area (Å²) in [7, 11) is 0. The minimum Gasteiger partial charge on any atom is -0.477 e. The average Bonchev–Trinajstić information content (AvgIpc) is 2.77. The van der Waals surface area contributed by atoms with Crippen molar-refractivity contribution in [1.82, 2.24) is 9.97 Å². The van der Waals surface area contributed by atoms with Crippen LogP contribution in [0.25, 0.3) is 0 Å². The first-order valence-electron chi connectivity index (χ1n) is 5.21. The lowest BCUT2D eigenvalue weighted by atomic mass is 10.1. The van der Waals surface area contributed by atoms with Crippen LogP contribution in [-0.4, -0.2) is 40.7 Å². The number of nitrogens with zero attached hydrogens (tertiary/aromatic N) is 3. The van der Waals surface area contributed by atoms with Gasteiger partial charge in [-0.05, 0) is 18.9 Å². The van der Waals surface area contributed by atoms with E-state index in [1.54, 1.807) is 0 Å². The van der Waals surface area contributed by atoms with Crippen LogP contribution in [-0.2, 0) is 0 Å². The van der Waals surface area contributed by atoms with E-state index in [1.807, 2.05) is 4.90 Å². The highest BCUT2D eigenvalue weighted by Crippen LogP contribution is 2.21. The lowest BCUT2D eigenvalue weighted by Gasteiger charge is -2.16. The molecule has 1 aliphatic heterocycles. The van der Waals surface area contributed by atoms with E-state index < -0.39 is 5.97 Å². The van der Waals surface area contributed by atoms with Gasteiger partial charge in [-0.3, -0.25) is 0 Å². The zero-order chi connectivity index (χ0) is 11.5. The molecule has 0 saturated carbocycles. The van der Waals surface area contributed by atoms with Crippen LogP contribution in [0.1, 0.15) is 16.9 Å². The van der Waals surface area contributed by atoms with Crippen molar-refractivity contribution in [2.45, 2.75) is 6.42 Å². The normalized spacial score (nSPS) is 20.1. The van der Waals surface area contributed by atoms with Crippen LogP contribution < -0.4 is 10.6 Å². The van der Waals surface area contributed by atoms with Crippen molar-refractivity contribution in [2.24, 2.45) is 11.7 Å². The third-order valence-electron chi connectivity index (χ3n) is 2.81. The zero-order valence-electron chi connectivity index (χ0n) is 8.83. The lowest BCUT2D eigenvalue weighted by Crippen LogP contribution is -2.23. The molecule has 1 aromatic heterocycles. The Kier molecular flexibility index (Phi) is 3.00. The summed E-state index contributed by atoms with van der Waals surface area (Å²) in [6.07, 6.45) is 2.32. The molecule has 1 fully saturated rings. The molecule has 0 radical (unpaired) electrons. The lowest BCUT2D eigenvalue weighted by molar-refractivity contribution is 0.0690. The summed E-state index contributed by atoms with van der Waals surface area (Å²) in [6, 6.07) is 1.50. The monoisotopic (exact) mass is 222 g/mol. The molecule has 86 valence electrons. The van der Waals surface area contributed by atoms with Gasteiger partial charge in [-0.2, -0.15) is 0 Å². The van der Waals surface area contributed by atoms with Crippen LogP contribution in [0.4, 0.5) is 5.82 Å². The smallest absolute Gasteiger partial charge is 0.354 e. The SMILES string of the molecule is NCC1CCN(c2cc(C(=O)O)ncn2)C1. The number of hydrogen-bond donors (Lipinski definition) is 2. The second kappa shape index (κ2) is 4.44. The molecule has 2 rings (SSSR count). The second-order valence-electron chi connectivity index (χ2n) is 3.90. The van der Waals surface area contributed by atoms with E-state index in [0.29, 0.717) is 18.3 Å². The predicted molar refractivity (Wildman–Crippen MR) is 58.4 cm³/mol. The van der Waals surface area contributed by atoms with Crippen molar-refractivity contribution in [3.8, 4) is 0 Å². The summed E-state index contributed by atoms with van der Waals surface area (Å²) in [5.41, 5.74) is 5.63. The number of nitrogens with two attached hydrogens (primary N) is 1. The maximum Gasteiger partial charge on any atom is 0.354 e. The van der Waals surface area contributed by atoms with Gasteiger partial charge in [-0.1, -0.05) is 0 Å². The second-order valence-corrected chi connectivity index (χ2v) is 3.90. The van der Waals surface area contributed by atoms with E-state index in [9.17, 15) is 4.79 Å². The van der Waals surface area contributed by atoms with Crippen molar-refractivity contribution < 1.29 is 9.90 Å². The standard InChI is InChI=1S/C10H14N4O2/c11-4-7-1-2-14(5-7)9-3-8(10(15)16)12-6-13-9/h3,6-7H,1-2,4-5,11H2,(H,15,16). The number of carboxylic acids is 1. The van der Waals surface area contributed by atoms with Gasteiger partial charge in [0.1, 0.15) is 12.1 Å². The molecule has 1 unspecified atom stereocenters. The highest BCUT2D eigenvalue weighted by atomic mass is 16.4. The maximum atomic E-state index is 10.8. The zero-order valence-corrected chi connectivity index (χ0v) is 8.83. The highest BCUT2D eigenvalue weighted by Gasteiger charge is 2.22. The number of rotatable bonds is 3. The van der Waals surface area contributed by atoms with Crippen molar-refractivity contribution >= 4 is 11.8 Å². The van der Waals surface area contributed by atoms with Crippen LogP contribution in [0.2, 0.25) is 0 Å². The van der Waals surface area contributed by atoms with Gasteiger partial charge in [-0.15, -0.1) is 0 Å². The fourth-order valence-electron chi connectivity index (χ4n) is 1.87. The number of aromatic carboxylic acids is 1. The number of hydrogen-bond acceptors (Lipinski definition) is 5. The Bertz CT molecular complexity index is 396. The number of anilines is 1. The molecule has 1 aliphatic rings. The molecule has 0 amide bonds. The first-order chi connectivity index (χ1) is 7.70. The summed E-state index contributed by atoms with van der Waals surface area (Å²) in [4.78, 5) is 20.6. The fraction of sp³-hybridized carbons (Fsp3) is 0.500.